The van der Waals surface area contributed by atoms with Crippen molar-refractivity contribution in [2.24, 2.45) is 0 Å². The van der Waals surface area contributed by atoms with E-state index in [2.05, 4.69) is 11.9 Å². The Hall–Kier alpha value is -1.89. The van der Waals surface area contributed by atoms with Gasteiger partial charge in [0, 0.05) is 18.2 Å². The molecule has 0 bridgehead atoms. The first kappa shape index (κ1) is 27.1. The second kappa shape index (κ2) is 17.8. The fraction of sp³-hybridized carbons (Fsp3) is 0.792. The van der Waals surface area contributed by atoms with E-state index in [1.54, 1.807) is 6.92 Å². The highest BCUT2D eigenvalue weighted by molar-refractivity contribution is 5.69. The van der Waals surface area contributed by atoms with Crippen molar-refractivity contribution < 1.29 is 14.3 Å². The molecule has 0 amide bonds. The van der Waals surface area contributed by atoms with E-state index in [0.29, 0.717) is 12.0 Å². The largest absolute Gasteiger partial charge is 0.463 e. The van der Waals surface area contributed by atoms with Crippen LogP contribution >= 0.6 is 0 Å². The molecule has 0 atom stereocenters. The van der Waals surface area contributed by atoms with Gasteiger partial charge < -0.3 is 9.47 Å². The molecule has 0 aliphatic heterocycles. The summed E-state index contributed by atoms with van der Waals surface area (Å²) in [5.41, 5.74) is -0.481. The van der Waals surface area contributed by atoms with Crippen molar-refractivity contribution >= 4 is 5.97 Å². The van der Waals surface area contributed by atoms with E-state index in [0.717, 1.165) is 12.8 Å². The number of H-pyrrole nitrogens is 1. The van der Waals surface area contributed by atoms with Crippen molar-refractivity contribution in [2.75, 3.05) is 13.2 Å². The summed E-state index contributed by atoms with van der Waals surface area (Å²) >= 11 is 0. The van der Waals surface area contributed by atoms with Gasteiger partial charge in [0.15, 0.2) is 0 Å². The molecule has 0 aromatic carbocycles. The topological polar surface area (TPSA) is 90.4 Å². The maximum absolute atomic E-state index is 11.7. The molecule has 0 unspecified atom stereocenters. The zero-order chi connectivity index (χ0) is 22.7. The molecular formula is C24H42N2O5. The lowest BCUT2D eigenvalue weighted by Crippen LogP contribution is -2.31. The Balaban J connectivity index is 1.89. The van der Waals surface area contributed by atoms with Crippen LogP contribution in [-0.2, 0) is 21.0 Å². The second-order valence-corrected chi connectivity index (χ2v) is 8.29. The lowest BCUT2D eigenvalue weighted by Gasteiger charge is -2.08. The number of hydrogen-bond acceptors (Lipinski definition) is 5. The van der Waals surface area contributed by atoms with Crippen LogP contribution in [0.5, 0.6) is 0 Å². The number of aryl methyl sites for hydroxylation is 1. The van der Waals surface area contributed by atoms with Crippen molar-refractivity contribution in [1.82, 2.24) is 9.55 Å². The summed E-state index contributed by atoms with van der Waals surface area (Å²) in [6, 6.07) is 0. The number of carbonyl (C=O) groups excluding carboxylic acids is 1. The SMILES string of the molecule is CCCCCCCCCCCCCCCC(=O)OCCOCn1cc(C)c(=O)[nH]c1=O. The molecule has 31 heavy (non-hydrogen) atoms. The highest BCUT2D eigenvalue weighted by Crippen LogP contribution is 2.13. The zero-order valence-electron chi connectivity index (χ0n) is 19.6. The van der Waals surface area contributed by atoms with Gasteiger partial charge in [-0.1, -0.05) is 84.0 Å². The molecule has 0 saturated carbocycles. The number of esters is 1. The molecule has 1 N–H and O–H groups in total. The van der Waals surface area contributed by atoms with Gasteiger partial charge in [0.25, 0.3) is 5.56 Å². The van der Waals surface area contributed by atoms with E-state index in [4.69, 9.17) is 9.47 Å². The summed E-state index contributed by atoms with van der Waals surface area (Å²) in [7, 11) is 0. The third kappa shape index (κ3) is 13.9. The molecule has 1 aromatic rings. The van der Waals surface area contributed by atoms with Crippen LogP contribution in [0, 0.1) is 6.92 Å². The summed E-state index contributed by atoms with van der Waals surface area (Å²) in [4.78, 5) is 36.9. The quantitative estimate of drug-likeness (QED) is 0.246. The van der Waals surface area contributed by atoms with Crippen molar-refractivity contribution in [3.05, 3.63) is 32.6 Å². The predicted octanol–water partition coefficient (Wildman–Crippen LogP) is 4.84. The van der Waals surface area contributed by atoms with Gasteiger partial charge in [-0.05, 0) is 13.3 Å². The molecule has 1 aromatic heterocycles. The summed E-state index contributed by atoms with van der Waals surface area (Å²) < 4.78 is 11.8. The van der Waals surface area contributed by atoms with Gasteiger partial charge in [0.2, 0.25) is 0 Å². The first-order valence-electron chi connectivity index (χ1n) is 12.1. The summed E-state index contributed by atoms with van der Waals surface area (Å²) in [5, 5.41) is 0. The first-order valence-corrected chi connectivity index (χ1v) is 12.1. The number of rotatable bonds is 19. The maximum Gasteiger partial charge on any atom is 0.330 e. The Kier molecular flexibility index (Phi) is 15.5. The average Bonchev–Trinajstić information content (AvgIpc) is 2.74. The van der Waals surface area contributed by atoms with Gasteiger partial charge in [-0.3, -0.25) is 19.1 Å². The molecule has 1 heterocycles. The number of aromatic amines is 1. The highest BCUT2D eigenvalue weighted by atomic mass is 16.6. The van der Waals surface area contributed by atoms with Gasteiger partial charge in [-0.15, -0.1) is 0 Å². The summed E-state index contributed by atoms with van der Waals surface area (Å²) in [6.45, 7) is 4.24. The van der Waals surface area contributed by atoms with Crippen molar-refractivity contribution in [2.45, 2.75) is 110 Å². The lowest BCUT2D eigenvalue weighted by atomic mass is 10.0. The Morgan fingerprint density at radius 2 is 1.42 bits per heavy atom. The number of carbonyl (C=O) groups is 1. The Labute approximate surface area is 186 Å². The molecule has 1 rings (SSSR count). The van der Waals surface area contributed by atoms with E-state index >= 15 is 0 Å². The monoisotopic (exact) mass is 438 g/mol. The molecule has 0 saturated heterocycles. The minimum atomic E-state index is -0.519. The second-order valence-electron chi connectivity index (χ2n) is 8.29. The summed E-state index contributed by atoms with van der Waals surface area (Å²) in [6.07, 6.45) is 18.5. The molecule has 0 aliphatic carbocycles. The molecule has 7 heteroatoms. The van der Waals surface area contributed by atoms with E-state index in [1.807, 2.05) is 0 Å². The third-order valence-electron chi connectivity index (χ3n) is 5.39. The van der Waals surface area contributed by atoms with Crippen LogP contribution in [0.3, 0.4) is 0 Å². The van der Waals surface area contributed by atoms with E-state index < -0.39 is 11.2 Å². The smallest absolute Gasteiger partial charge is 0.330 e. The van der Waals surface area contributed by atoms with Crippen LogP contribution in [0.2, 0.25) is 0 Å². The number of nitrogens with zero attached hydrogens (tertiary/aromatic N) is 1. The van der Waals surface area contributed by atoms with Crippen molar-refractivity contribution in [3.8, 4) is 0 Å². The normalized spacial score (nSPS) is 11.0. The number of aromatic nitrogens is 2. The standard InChI is InChI=1S/C24H42N2O5/c1-3-4-5-6-7-8-9-10-11-12-13-14-15-16-22(27)31-18-17-30-20-26-19-21(2)23(28)25-24(26)29/h19H,3-18,20H2,1-2H3,(H,25,28,29). The number of hydrogen-bond donors (Lipinski definition) is 1. The van der Waals surface area contributed by atoms with Crippen LogP contribution < -0.4 is 11.2 Å². The predicted molar refractivity (Wildman–Crippen MR) is 123 cm³/mol. The lowest BCUT2D eigenvalue weighted by molar-refractivity contribution is -0.145. The maximum atomic E-state index is 11.7. The Morgan fingerprint density at radius 1 is 0.871 bits per heavy atom. The summed E-state index contributed by atoms with van der Waals surface area (Å²) in [5.74, 6) is -0.205. The van der Waals surface area contributed by atoms with Gasteiger partial charge in [0.1, 0.15) is 13.3 Å². The van der Waals surface area contributed by atoms with E-state index in [1.165, 1.54) is 81.4 Å². The molecule has 0 fully saturated rings. The average molecular weight is 439 g/mol. The van der Waals surface area contributed by atoms with Gasteiger partial charge in [0.05, 0.1) is 6.61 Å². The first-order chi connectivity index (χ1) is 15.0. The van der Waals surface area contributed by atoms with Gasteiger partial charge >= 0.3 is 11.7 Å². The molecule has 0 spiro atoms. The number of ether oxygens (including phenoxy) is 2. The molecule has 0 aliphatic rings. The highest BCUT2D eigenvalue weighted by Gasteiger charge is 2.04. The molecule has 178 valence electrons. The fourth-order valence-electron chi connectivity index (χ4n) is 3.45. The van der Waals surface area contributed by atoms with Crippen LogP contribution in [-0.4, -0.2) is 28.7 Å². The molecular weight excluding hydrogens is 396 g/mol. The van der Waals surface area contributed by atoms with Crippen LogP contribution in [0.4, 0.5) is 0 Å². The van der Waals surface area contributed by atoms with E-state index in [9.17, 15) is 14.4 Å². The Morgan fingerprint density at radius 3 is 2.00 bits per heavy atom. The van der Waals surface area contributed by atoms with E-state index in [-0.39, 0.29) is 25.9 Å². The molecule has 7 nitrogen and oxygen atoms in total. The van der Waals surface area contributed by atoms with Gasteiger partial charge in [-0.25, -0.2) is 4.79 Å². The van der Waals surface area contributed by atoms with Crippen LogP contribution in [0.25, 0.3) is 0 Å². The van der Waals surface area contributed by atoms with Crippen LogP contribution in [0.1, 0.15) is 102 Å². The third-order valence-corrected chi connectivity index (χ3v) is 5.39. The number of unbranched alkanes of at least 4 members (excludes halogenated alkanes) is 12. The number of nitrogens with one attached hydrogen (secondary N) is 1. The minimum absolute atomic E-state index is 0.00681. The fourth-order valence-corrected chi connectivity index (χ4v) is 3.45. The van der Waals surface area contributed by atoms with Gasteiger partial charge in [-0.2, -0.15) is 0 Å². The zero-order valence-corrected chi connectivity index (χ0v) is 19.6. The molecule has 0 radical (unpaired) electrons. The van der Waals surface area contributed by atoms with Crippen LogP contribution in [0.15, 0.2) is 15.8 Å². The van der Waals surface area contributed by atoms with Crippen molar-refractivity contribution in [1.29, 1.82) is 0 Å². The van der Waals surface area contributed by atoms with Crippen molar-refractivity contribution in [3.63, 3.8) is 0 Å². The minimum Gasteiger partial charge on any atom is -0.463 e. The Bertz CT molecular complexity index is 711.